The molecule has 0 aromatic carbocycles. The van der Waals surface area contributed by atoms with E-state index in [1.807, 2.05) is 0 Å². The third kappa shape index (κ3) is 5.61. The molecule has 11 heteroatoms. The minimum Gasteiger partial charge on any atom is -0.480 e. The zero-order valence-electron chi connectivity index (χ0n) is 14.1. The number of hydrogen-bond acceptors (Lipinski definition) is 8. The lowest BCUT2D eigenvalue weighted by Gasteiger charge is -2.43. The molecule has 0 aromatic rings. The number of amides is 2. The summed E-state index contributed by atoms with van der Waals surface area (Å²) in [6, 6.07) is -2.34. The van der Waals surface area contributed by atoms with Crippen LogP contribution in [0.2, 0.25) is 0 Å². The van der Waals surface area contributed by atoms with E-state index in [4.69, 9.17) is 14.6 Å². The first-order chi connectivity index (χ1) is 11.6. The van der Waals surface area contributed by atoms with Gasteiger partial charge in [0.05, 0.1) is 6.61 Å². The number of hydrogen-bond donors (Lipinski definition) is 6. The van der Waals surface area contributed by atoms with Crippen molar-refractivity contribution in [1.29, 1.82) is 0 Å². The zero-order chi connectivity index (χ0) is 19.3. The van der Waals surface area contributed by atoms with Crippen LogP contribution in [0.4, 0.5) is 0 Å². The van der Waals surface area contributed by atoms with Crippen molar-refractivity contribution in [2.24, 2.45) is 0 Å². The molecule has 0 aliphatic carbocycles. The summed E-state index contributed by atoms with van der Waals surface area (Å²) in [6.07, 6.45) is -6.69. The van der Waals surface area contributed by atoms with Crippen molar-refractivity contribution >= 4 is 17.8 Å². The summed E-state index contributed by atoms with van der Waals surface area (Å²) in [4.78, 5) is 34.1. The Labute approximate surface area is 143 Å². The molecule has 0 bridgehead atoms. The molecule has 6 N–H and O–H groups in total. The van der Waals surface area contributed by atoms with E-state index in [1.165, 1.54) is 20.8 Å². The molecule has 1 rings (SSSR count). The Morgan fingerprint density at radius 2 is 1.84 bits per heavy atom. The van der Waals surface area contributed by atoms with Crippen molar-refractivity contribution in [2.75, 3.05) is 6.61 Å². The fourth-order valence-corrected chi connectivity index (χ4v) is 2.32. The SMILES string of the molecule is CC(=O)NC1C(O)OC(CO)C(O)C1OC(C)C(=O)NC(C)C(=O)O. The number of carboxylic acids is 1. The number of ether oxygens (including phenoxy) is 2. The smallest absolute Gasteiger partial charge is 0.325 e. The molecule has 0 radical (unpaired) electrons. The van der Waals surface area contributed by atoms with E-state index >= 15 is 0 Å². The first-order valence-electron chi connectivity index (χ1n) is 7.66. The van der Waals surface area contributed by atoms with Crippen molar-refractivity contribution in [1.82, 2.24) is 10.6 Å². The number of aliphatic carboxylic acids is 1. The highest BCUT2D eigenvalue weighted by atomic mass is 16.6. The lowest BCUT2D eigenvalue weighted by atomic mass is 9.96. The van der Waals surface area contributed by atoms with Gasteiger partial charge in [0, 0.05) is 6.92 Å². The maximum absolute atomic E-state index is 12.0. The molecule has 1 saturated heterocycles. The predicted octanol–water partition coefficient (Wildman–Crippen LogP) is -3.08. The van der Waals surface area contributed by atoms with E-state index in [-0.39, 0.29) is 0 Å². The van der Waals surface area contributed by atoms with E-state index in [1.54, 1.807) is 0 Å². The Morgan fingerprint density at radius 1 is 1.24 bits per heavy atom. The molecule has 7 unspecified atom stereocenters. The largest absolute Gasteiger partial charge is 0.480 e. The molecule has 25 heavy (non-hydrogen) atoms. The van der Waals surface area contributed by atoms with E-state index in [9.17, 15) is 29.7 Å². The van der Waals surface area contributed by atoms with Crippen LogP contribution in [0.1, 0.15) is 20.8 Å². The van der Waals surface area contributed by atoms with Gasteiger partial charge in [-0.2, -0.15) is 0 Å². The molecular formula is C14H24N2O9. The summed E-state index contributed by atoms with van der Waals surface area (Å²) in [5, 5.41) is 42.7. The number of carbonyl (C=O) groups is 3. The summed E-state index contributed by atoms with van der Waals surface area (Å²) in [7, 11) is 0. The van der Waals surface area contributed by atoms with Gasteiger partial charge in [-0.15, -0.1) is 0 Å². The molecule has 1 heterocycles. The summed E-state index contributed by atoms with van der Waals surface area (Å²) < 4.78 is 10.5. The van der Waals surface area contributed by atoms with Gasteiger partial charge in [-0.1, -0.05) is 0 Å². The topological polar surface area (TPSA) is 175 Å². The highest BCUT2D eigenvalue weighted by molar-refractivity contribution is 5.85. The molecule has 0 saturated carbocycles. The minimum atomic E-state index is -1.58. The maximum Gasteiger partial charge on any atom is 0.325 e. The number of aliphatic hydroxyl groups excluding tert-OH is 3. The van der Waals surface area contributed by atoms with Crippen LogP contribution in [0.15, 0.2) is 0 Å². The van der Waals surface area contributed by atoms with Gasteiger partial charge in [0.2, 0.25) is 11.8 Å². The quantitative estimate of drug-likeness (QED) is 0.274. The molecule has 11 nitrogen and oxygen atoms in total. The average molecular weight is 364 g/mol. The van der Waals surface area contributed by atoms with Crippen LogP contribution in [-0.4, -0.2) is 87.6 Å². The van der Waals surface area contributed by atoms with E-state index in [2.05, 4.69) is 10.6 Å². The Kier molecular flexibility index (Phi) is 7.70. The van der Waals surface area contributed by atoms with Crippen molar-refractivity contribution in [2.45, 2.75) is 63.6 Å². The Balaban J connectivity index is 2.88. The molecule has 1 fully saturated rings. The van der Waals surface area contributed by atoms with Crippen LogP contribution < -0.4 is 10.6 Å². The van der Waals surface area contributed by atoms with Crippen molar-refractivity contribution in [3.05, 3.63) is 0 Å². The number of nitrogens with one attached hydrogen (secondary N) is 2. The van der Waals surface area contributed by atoms with Crippen molar-refractivity contribution in [3.63, 3.8) is 0 Å². The minimum absolute atomic E-state index is 0.535. The Bertz CT molecular complexity index is 501. The van der Waals surface area contributed by atoms with Crippen LogP contribution in [-0.2, 0) is 23.9 Å². The molecular weight excluding hydrogens is 340 g/mol. The van der Waals surface area contributed by atoms with Gasteiger partial charge in [0.25, 0.3) is 0 Å². The third-order valence-electron chi connectivity index (χ3n) is 3.70. The fourth-order valence-electron chi connectivity index (χ4n) is 2.32. The van der Waals surface area contributed by atoms with Crippen LogP contribution in [0.25, 0.3) is 0 Å². The van der Waals surface area contributed by atoms with Crippen LogP contribution in [0.3, 0.4) is 0 Å². The monoisotopic (exact) mass is 364 g/mol. The molecule has 0 spiro atoms. The highest BCUT2D eigenvalue weighted by Gasteiger charge is 2.46. The van der Waals surface area contributed by atoms with Gasteiger partial charge >= 0.3 is 5.97 Å². The van der Waals surface area contributed by atoms with Crippen LogP contribution in [0.5, 0.6) is 0 Å². The normalized spacial score (nSPS) is 31.7. The standard InChI is InChI=1S/C14H24N2O9/c1-5(13(21)22)15-12(20)6(2)24-11-9(16-7(3)18)14(23)25-8(4-17)10(11)19/h5-6,8-11,14,17,19,23H,4H2,1-3H3,(H,15,20)(H,16,18)(H,21,22). The molecule has 1 aliphatic heterocycles. The molecule has 0 aromatic heterocycles. The Morgan fingerprint density at radius 3 is 2.32 bits per heavy atom. The van der Waals surface area contributed by atoms with Gasteiger partial charge < -0.3 is 40.5 Å². The van der Waals surface area contributed by atoms with Crippen LogP contribution >= 0.6 is 0 Å². The molecule has 1 aliphatic rings. The first kappa shape index (κ1) is 21.3. The van der Waals surface area contributed by atoms with Crippen molar-refractivity contribution in [3.8, 4) is 0 Å². The second kappa shape index (κ2) is 9.06. The fraction of sp³-hybridized carbons (Fsp3) is 0.786. The number of carboxylic acid groups (broad SMARTS) is 1. The summed E-state index contributed by atoms with van der Waals surface area (Å²) in [5.74, 6) is -2.53. The second-order valence-electron chi connectivity index (χ2n) is 5.78. The summed E-state index contributed by atoms with van der Waals surface area (Å²) in [5.41, 5.74) is 0. The summed E-state index contributed by atoms with van der Waals surface area (Å²) in [6.45, 7) is 3.14. The second-order valence-corrected chi connectivity index (χ2v) is 5.78. The Hall–Kier alpha value is -1.79. The molecule has 7 atom stereocenters. The summed E-state index contributed by atoms with van der Waals surface area (Å²) >= 11 is 0. The molecule has 2 amide bonds. The highest BCUT2D eigenvalue weighted by Crippen LogP contribution is 2.23. The van der Waals surface area contributed by atoms with Gasteiger partial charge in [-0.25, -0.2) is 0 Å². The maximum atomic E-state index is 12.0. The van der Waals surface area contributed by atoms with E-state index in [0.717, 1.165) is 0 Å². The third-order valence-corrected chi connectivity index (χ3v) is 3.70. The zero-order valence-corrected chi connectivity index (χ0v) is 14.1. The lowest BCUT2D eigenvalue weighted by Crippen LogP contribution is -2.65. The lowest BCUT2D eigenvalue weighted by molar-refractivity contribution is -0.266. The van der Waals surface area contributed by atoms with Gasteiger partial charge in [0.1, 0.15) is 36.5 Å². The van der Waals surface area contributed by atoms with E-state index in [0.29, 0.717) is 0 Å². The van der Waals surface area contributed by atoms with Crippen molar-refractivity contribution < 1.29 is 44.3 Å². The first-order valence-corrected chi connectivity index (χ1v) is 7.66. The van der Waals surface area contributed by atoms with Crippen LogP contribution in [0, 0.1) is 0 Å². The average Bonchev–Trinajstić information content (AvgIpc) is 2.52. The predicted molar refractivity (Wildman–Crippen MR) is 81.2 cm³/mol. The van der Waals surface area contributed by atoms with E-state index < -0.39 is 67.2 Å². The van der Waals surface area contributed by atoms with Gasteiger partial charge in [-0.05, 0) is 13.8 Å². The number of aliphatic hydroxyl groups is 3. The van der Waals surface area contributed by atoms with Gasteiger partial charge in [0.15, 0.2) is 6.29 Å². The number of carbonyl (C=O) groups excluding carboxylic acids is 2. The number of rotatable bonds is 7. The van der Waals surface area contributed by atoms with Gasteiger partial charge in [-0.3, -0.25) is 14.4 Å². The molecule has 144 valence electrons.